The lowest BCUT2D eigenvalue weighted by Crippen LogP contribution is -2.20. The highest BCUT2D eigenvalue weighted by Gasteiger charge is 2.61. The van der Waals surface area contributed by atoms with Gasteiger partial charge in [0.2, 0.25) is 5.91 Å². The van der Waals surface area contributed by atoms with Crippen LogP contribution in [0.25, 0.3) is 0 Å². The third-order valence-electron chi connectivity index (χ3n) is 5.40. The number of ether oxygens (including phenoxy) is 1. The summed E-state index contributed by atoms with van der Waals surface area (Å²) < 4.78 is 4.65. The van der Waals surface area contributed by atoms with Gasteiger partial charge in [-0.05, 0) is 42.5 Å². The average molecular weight is 336 g/mol. The predicted molar refractivity (Wildman–Crippen MR) is 93.1 cm³/mol. The molecule has 5 nitrogen and oxygen atoms in total. The van der Waals surface area contributed by atoms with Crippen LogP contribution in [0.4, 0.5) is 5.82 Å². The Labute approximate surface area is 146 Å². The second kappa shape index (κ2) is 5.99. The number of esters is 1. The number of hydrogen-bond acceptors (Lipinski definition) is 4. The molecule has 128 valence electrons. The first kappa shape index (κ1) is 15.8. The predicted octanol–water partition coefficient (Wildman–Crippen LogP) is 2.64. The number of nitrogens with one attached hydrogen (secondary N) is 1. The Balaban J connectivity index is 1.46. The maximum Gasteiger partial charge on any atom is 0.311 e. The van der Waals surface area contributed by atoms with Gasteiger partial charge in [-0.25, -0.2) is 4.98 Å². The van der Waals surface area contributed by atoms with Crippen molar-refractivity contribution in [2.75, 3.05) is 12.4 Å². The normalized spacial score (nSPS) is 23.2. The fourth-order valence-electron chi connectivity index (χ4n) is 4.02. The molecule has 2 aliphatic rings. The van der Waals surface area contributed by atoms with Crippen molar-refractivity contribution in [3.05, 3.63) is 59.3 Å². The molecule has 1 aromatic heterocycles. The van der Waals surface area contributed by atoms with E-state index in [1.54, 1.807) is 18.2 Å². The molecule has 0 aliphatic heterocycles. The molecule has 0 unspecified atom stereocenters. The Morgan fingerprint density at radius 1 is 1.24 bits per heavy atom. The highest BCUT2D eigenvalue weighted by molar-refractivity contribution is 5.95. The van der Waals surface area contributed by atoms with E-state index >= 15 is 0 Å². The summed E-state index contributed by atoms with van der Waals surface area (Å²) in [5.41, 5.74) is 3.31. The van der Waals surface area contributed by atoms with Gasteiger partial charge < -0.3 is 10.1 Å². The van der Waals surface area contributed by atoms with E-state index in [1.807, 2.05) is 0 Å². The number of hydrogen-bond donors (Lipinski definition) is 1. The van der Waals surface area contributed by atoms with E-state index in [-0.39, 0.29) is 29.6 Å². The zero-order valence-electron chi connectivity index (χ0n) is 14.1. The van der Waals surface area contributed by atoms with Gasteiger partial charge in [-0.15, -0.1) is 0 Å². The molecule has 1 fully saturated rings. The van der Waals surface area contributed by atoms with Crippen molar-refractivity contribution in [1.82, 2.24) is 4.98 Å². The molecule has 1 heterocycles. The first-order valence-electron chi connectivity index (χ1n) is 8.54. The van der Waals surface area contributed by atoms with Crippen LogP contribution in [-0.4, -0.2) is 24.0 Å². The number of benzene rings is 1. The summed E-state index contributed by atoms with van der Waals surface area (Å²) in [5.74, 6) is 0.154. The molecule has 1 saturated carbocycles. The average Bonchev–Trinajstić information content (AvgIpc) is 3.25. The highest BCUT2D eigenvalue weighted by Crippen LogP contribution is 2.61. The molecule has 1 N–H and O–H groups in total. The lowest BCUT2D eigenvalue weighted by Gasteiger charge is -2.12. The molecular formula is C20H20N2O3. The molecule has 1 aromatic carbocycles. The van der Waals surface area contributed by atoms with Crippen molar-refractivity contribution in [3.8, 4) is 0 Å². The van der Waals surface area contributed by atoms with Crippen LogP contribution in [0.15, 0.2) is 42.5 Å². The molecule has 2 atom stereocenters. The van der Waals surface area contributed by atoms with Crippen molar-refractivity contribution in [2.24, 2.45) is 5.92 Å². The molecule has 25 heavy (non-hydrogen) atoms. The van der Waals surface area contributed by atoms with E-state index in [0.717, 1.165) is 19.3 Å². The Hall–Kier alpha value is -2.69. The first-order chi connectivity index (χ1) is 12.1. The van der Waals surface area contributed by atoms with Gasteiger partial charge in [0.15, 0.2) is 0 Å². The van der Waals surface area contributed by atoms with Crippen LogP contribution in [0.5, 0.6) is 0 Å². The fourth-order valence-corrected chi connectivity index (χ4v) is 4.02. The van der Waals surface area contributed by atoms with Crippen LogP contribution >= 0.6 is 0 Å². The molecular weight excluding hydrogens is 316 g/mol. The zero-order valence-corrected chi connectivity index (χ0v) is 14.1. The van der Waals surface area contributed by atoms with Crippen LogP contribution in [0.2, 0.25) is 0 Å². The van der Waals surface area contributed by atoms with Gasteiger partial charge >= 0.3 is 5.97 Å². The maximum atomic E-state index is 12.7. The zero-order chi connectivity index (χ0) is 17.4. The largest absolute Gasteiger partial charge is 0.469 e. The van der Waals surface area contributed by atoms with Crippen LogP contribution in [0.3, 0.4) is 0 Å². The van der Waals surface area contributed by atoms with E-state index in [1.165, 1.54) is 18.2 Å². The van der Waals surface area contributed by atoms with Gasteiger partial charge in [-0.2, -0.15) is 0 Å². The van der Waals surface area contributed by atoms with Crippen molar-refractivity contribution in [3.63, 3.8) is 0 Å². The minimum atomic E-state index is -0.348. The summed E-state index contributed by atoms with van der Waals surface area (Å²) in [7, 11) is 1.35. The van der Waals surface area contributed by atoms with E-state index in [0.29, 0.717) is 11.5 Å². The Kier molecular flexibility index (Phi) is 3.79. The minimum Gasteiger partial charge on any atom is -0.469 e. The number of carbonyl (C=O) groups excluding carboxylic acids is 2. The molecule has 5 heteroatoms. The summed E-state index contributed by atoms with van der Waals surface area (Å²) in [6, 6.07) is 13.7. The summed E-state index contributed by atoms with van der Waals surface area (Å²) >= 11 is 0. The standard InChI is InChI=1S/C20H20N2O3/c1-25-18(23)11-14-6-4-8-17(21-14)22-19(24)16-12-20(16)10-9-13-5-2-3-7-15(13)20/h2-8,16H,9-12H2,1H3,(H,21,22,24)/t16-,20-/m0/s1. The number of nitrogens with zero attached hydrogens (tertiary/aromatic N) is 1. The van der Waals surface area contributed by atoms with Gasteiger partial charge in [0.05, 0.1) is 19.2 Å². The van der Waals surface area contributed by atoms with Crippen LogP contribution in [0, 0.1) is 5.92 Å². The molecule has 2 aliphatic carbocycles. The molecule has 1 amide bonds. The van der Waals surface area contributed by atoms with E-state index < -0.39 is 0 Å². The summed E-state index contributed by atoms with van der Waals surface area (Å²) in [6.07, 6.45) is 3.09. The molecule has 0 saturated heterocycles. The summed E-state index contributed by atoms with van der Waals surface area (Å²) in [5, 5.41) is 2.92. The first-order valence-corrected chi connectivity index (χ1v) is 8.54. The Bertz CT molecular complexity index is 848. The third kappa shape index (κ3) is 2.80. The quantitative estimate of drug-likeness (QED) is 0.872. The number of pyridine rings is 1. The van der Waals surface area contributed by atoms with Gasteiger partial charge in [-0.3, -0.25) is 9.59 Å². The van der Waals surface area contributed by atoms with Crippen LogP contribution < -0.4 is 5.32 Å². The van der Waals surface area contributed by atoms with E-state index in [2.05, 4.69) is 39.3 Å². The molecule has 4 rings (SSSR count). The van der Waals surface area contributed by atoms with Crippen molar-refractivity contribution >= 4 is 17.7 Å². The minimum absolute atomic E-state index is 0.00205. The number of aryl methyl sites for hydroxylation is 1. The highest BCUT2D eigenvalue weighted by atomic mass is 16.5. The Morgan fingerprint density at radius 2 is 2.08 bits per heavy atom. The summed E-state index contributed by atoms with van der Waals surface area (Å²) in [4.78, 5) is 28.4. The van der Waals surface area contributed by atoms with E-state index in [4.69, 9.17) is 0 Å². The fraction of sp³-hybridized carbons (Fsp3) is 0.350. The number of fused-ring (bicyclic) bond motifs is 2. The van der Waals surface area contributed by atoms with Crippen molar-refractivity contribution in [1.29, 1.82) is 0 Å². The third-order valence-corrected chi connectivity index (χ3v) is 5.40. The molecule has 0 bridgehead atoms. The number of rotatable bonds is 4. The second-order valence-corrected chi connectivity index (χ2v) is 6.83. The number of methoxy groups -OCH3 is 1. The van der Waals surface area contributed by atoms with Crippen molar-refractivity contribution < 1.29 is 14.3 Å². The Morgan fingerprint density at radius 3 is 2.92 bits per heavy atom. The lowest BCUT2D eigenvalue weighted by atomic mass is 9.95. The number of amides is 1. The smallest absolute Gasteiger partial charge is 0.311 e. The number of aromatic nitrogens is 1. The van der Waals surface area contributed by atoms with Crippen LogP contribution in [0.1, 0.15) is 29.7 Å². The number of carbonyl (C=O) groups is 2. The number of anilines is 1. The molecule has 0 radical (unpaired) electrons. The van der Waals surface area contributed by atoms with Crippen LogP contribution in [-0.2, 0) is 32.6 Å². The maximum absolute atomic E-state index is 12.7. The van der Waals surface area contributed by atoms with Gasteiger partial charge in [0.1, 0.15) is 5.82 Å². The summed E-state index contributed by atoms with van der Waals surface area (Å²) in [6.45, 7) is 0. The van der Waals surface area contributed by atoms with Gasteiger partial charge in [0.25, 0.3) is 0 Å². The molecule has 1 spiro atoms. The van der Waals surface area contributed by atoms with Gasteiger partial charge in [0, 0.05) is 11.3 Å². The second-order valence-electron chi connectivity index (χ2n) is 6.83. The SMILES string of the molecule is COC(=O)Cc1cccc(NC(=O)[C@@H]2C[C@]23CCc2ccccc23)n1. The lowest BCUT2D eigenvalue weighted by molar-refractivity contribution is -0.139. The van der Waals surface area contributed by atoms with E-state index in [9.17, 15) is 9.59 Å². The van der Waals surface area contributed by atoms with Gasteiger partial charge in [-0.1, -0.05) is 30.3 Å². The molecule has 2 aromatic rings. The van der Waals surface area contributed by atoms with Crippen molar-refractivity contribution in [2.45, 2.75) is 31.1 Å². The topological polar surface area (TPSA) is 68.3 Å². The monoisotopic (exact) mass is 336 g/mol.